The summed E-state index contributed by atoms with van der Waals surface area (Å²) in [5.41, 5.74) is 4.40. The predicted octanol–water partition coefficient (Wildman–Crippen LogP) is 0.0815. The molecule has 0 aromatic carbocycles. The van der Waals surface area contributed by atoms with Crippen LogP contribution in [0.1, 0.15) is 5.56 Å². The molecule has 1 aromatic rings. The Hall–Kier alpha value is -2.06. The highest BCUT2D eigenvalue weighted by Gasteiger charge is 2.36. The molecule has 0 atom stereocenters. The molecule has 0 unspecified atom stereocenters. The number of pyridine rings is 1. The lowest BCUT2D eigenvalue weighted by molar-refractivity contribution is -0.275. The molecular weight excluding hydrogens is 277 g/mol. The fourth-order valence-corrected chi connectivity index (χ4v) is 1.66. The molecule has 7 nitrogen and oxygen atoms in total. The SMILES string of the molecule is N#Cc1cc(N)nc(S(N)(=O)=O)c1OC(F)(F)F. The van der Waals surface area contributed by atoms with Crippen molar-refractivity contribution in [2.45, 2.75) is 11.4 Å². The number of aromatic nitrogens is 1. The van der Waals surface area contributed by atoms with Gasteiger partial charge in [-0.25, -0.2) is 18.5 Å². The molecule has 0 aliphatic carbocycles. The number of hydrogen-bond acceptors (Lipinski definition) is 6. The zero-order valence-electron chi connectivity index (χ0n) is 8.39. The van der Waals surface area contributed by atoms with Gasteiger partial charge in [0.2, 0.25) is 5.03 Å². The number of nitrogens with zero attached hydrogens (tertiary/aromatic N) is 2. The minimum atomic E-state index is -5.21. The molecule has 0 spiro atoms. The van der Waals surface area contributed by atoms with Gasteiger partial charge in [0, 0.05) is 6.07 Å². The topological polar surface area (TPSA) is 132 Å². The Morgan fingerprint density at radius 1 is 1.44 bits per heavy atom. The van der Waals surface area contributed by atoms with Gasteiger partial charge in [-0.05, 0) is 0 Å². The maximum absolute atomic E-state index is 12.1. The first kappa shape index (κ1) is 14.0. The molecule has 0 aliphatic heterocycles. The first-order chi connectivity index (χ1) is 8.04. The van der Waals surface area contributed by atoms with E-state index in [-0.39, 0.29) is 0 Å². The number of halogens is 3. The van der Waals surface area contributed by atoms with E-state index in [0.29, 0.717) is 0 Å². The number of primary sulfonamides is 1. The highest BCUT2D eigenvalue weighted by Crippen LogP contribution is 2.32. The summed E-state index contributed by atoms with van der Waals surface area (Å²) in [6.07, 6.45) is -5.21. The lowest BCUT2D eigenvalue weighted by Crippen LogP contribution is -2.23. The van der Waals surface area contributed by atoms with Gasteiger partial charge >= 0.3 is 6.36 Å². The lowest BCUT2D eigenvalue weighted by Gasteiger charge is -2.13. The summed E-state index contributed by atoms with van der Waals surface area (Å²) in [6, 6.07) is 2.04. The number of ether oxygens (including phenoxy) is 1. The molecule has 1 aromatic heterocycles. The van der Waals surface area contributed by atoms with E-state index in [9.17, 15) is 21.6 Å². The molecule has 0 saturated heterocycles. The number of nitrogen functional groups attached to an aromatic ring is 1. The number of sulfonamides is 1. The van der Waals surface area contributed by atoms with Gasteiger partial charge in [-0.3, -0.25) is 0 Å². The summed E-state index contributed by atoms with van der Waals surface area (Å²) in [6.45, 7) is 0. The summed E-state index contributed by atoms with van der Waals surface area (Å²) in [5, 5.41) is 12.0. The van der Waals surface area contributed by atoms with Crippen LogP contribution in [0.3, 0.4) is 0 Å². The second kappa shape index (κ2) is 4.31. The zero-order chi connectivity index (χ0) is 14.1. The molecule has 18 heavy (non-hydrogen) atoms. The van der Waals surface area contributed by atoms with Gasteiger partial charge in [0.05, 0.1) is 0 Å². The van der Waals surface area contributed by atoms with Crippen LogP contribution in [0.5, 0.6) is 5.75 Å². The van der Waals surface area contributed by atoms with Gasteiger partial charge < -0.3 is 10.5 Å². The predicted molar refractivity (Wildman–Crippen MR) is 51.4 cm³/mol. The third-order valence-electron chi connectivity index (χ3n) is 1.57. The highest BCUT2D eigenvalue weighted by atomic mass is 32.2. The molecule has 0 amide bonds. The van der Waals surface area contributed by atoms with Crippen LogP contribution < -0.4 is 15.6 Å². The summed E-state index contributed by atoms with van der Waals surface area (Å²) < 4.78 is 61.9. The van der Waals surface area contributed by atoms with Crippen molar-refractivity contribution in [1.29, 1.82) is 5.26 Å². The Labute approximate surface area is 98.8 Å². The molecule has 0 radical (unpaired) electrons. The maximum atomic E-state index is 12.1. The molecular formula is C7H5F3N4O3S. The van der Waals surface area contributed by atoms with Crippen molar-refractivity contribution in [1.82, 2.24) is 4.98 Å². The van der Waals surface area contributed by atoms with Gasteiger partial charge in [-0.15, -0.1) is 13.2 Å². The van der Waals surface area contributed by atoms with E-state index in [4.69, 9.17) is 11.0 Å². The number of anilines is 1. The summed E-state index contributed by atoms with van der Waals surface area (Å²) in [7, 11) is -4.63. The van der Waals surface area contributed by atoms with Crippen molar-refractivity contribution in [2.24, 2.45) is 5.14 Å². The number of alkyl halides is 3. The van der Waals surface area contributed by atoms with Gasteiger partial charge in [-0.1, -0.05) is 0 Å². The van der Waals surface area contributed by atoms with E-state index in [1.165, 1.54) is 6.07 Å². The monoisotopic (exact) mass is 282 g/mol. The van der Waals surface area contributed by atoms with E-state index in [1.54, 1.807) is 0 Å². The molecule has 11 heteroatoms. The minimum absolute atomic E-state index is 0.481. The average Bonchev–Trinajstić information content (AvgIpc) is 2.16. The van der Waals surface area contributed by atoms with Crippen molar-refractivity contribution < 1.29 is 26.3 Å². The van der Waals surface area contributed by atoms with E-state index < -0.39 is 38.5 Å². The number of nitriles is 1. The van der Waals surface area contributed by atoms with Crippen LogP contribution in [0, 0.1) is 11.3 Å². The number of hydrogen-bond donors (Lipinski definition) is 2. The van der Waals surface area contributed by atoms with Crippen LogP contribution in [0.25, 0.3) is 0 Å². The normalized spacial score (nSPS) is 11.9. The first-order valence-electron chi connectivity index (χ1n) is 4.04. The van der Waals surface area contributed by atoms with Crippen LogP contribution >= 0.6 is 0 Å². The zero-order valence-corrected chi connectivity index (χ0v) is 9.21. The van der Waals surface area contributed by atoms with E-state index >= 15 is 0 Å². The minimum Gasteiger partial charge on any atom is -0.401 e. The Bertz CT molecular complexity index is 620. The molecule has 4 N–H and O–H groups in total. The Kier molecular flexibility index (Phi) is 3.36. The molecule has 1 rings (SSSR count). The average molecular weight is 282 g/mol. The van der Waals surface area contributed by atoms with Crippen molar-refractivity contribution >= 4 is 15.8 Å². The lowest BCUT2D eigenvalue weighted by atomic mass is 10.2. The van der Waals surface area contributed by atoms with Crippen LogP contribution in [0.15, 0.2) is 11.1 Å². The van der Waals surface area contributed by atoms with Crippen LogP contribution in [0.4, 0.5) is 19.0 Å². The first-order valence-corrected chi connectivity index (χ1v) is 5.58. The van der Waals surface area contributed by atoms with Gasteiger partial charge in [-0.2, -0.15) is 5.26 Å². The molecule has 0 aliphatic rings. The van der Waals surface area contributed by atoms with Crippen LogP contribution in [-0.4, -0.2) is 19.8 Å². The third-order valence-corrected chi connectivity index (χ3v) is 2.39. The highest BCUT2D eigenvalue weighted by molar-refractivity contribution is 7.89. The van der Waals surface area contributed by atoms with Crippen molar-refractivity contribution in [3.8, 4) is 11.8 Å². The fourth-order valence-electron chi connectivity index (χ4n) is 1.02. The van der Waals surface area contributed by atoms with Gasteiger partial charge in [0.25, 0.3) is 10.0 Å². The van der Waals surface area contributed by atoms with Crippen LogP contribution in [-0.2, 0) is 10.0 Å². The van der Waals surface area contributed by atoms with Crippen molar-refractivity contribution in [3.05, 3.63) is 11.6 Å². The largest absolute Gasteiger partial charge is 0.573 e. The second-order valence-corrected chi connectivity index (χ2v) is 4.41. The fraction of sp³-hybridized carbons (Fsp3) is 0.143. The van der Waals surface area contributed by atoms with Gasteiger partial charge in [0.1, 0.15) is 17.5 Å². The molecule has 0 bridgehead atoms. The Balaban J connectivity index is 3.60. The summed E-state index contributed by atoms with van der Waals surface area (Å²) >= 11 is 0. The quantitative estimate of drug-likeness (QED) is 0.789. The smallest absolute Gasteiger partial charge is 0.401 e. The summed E-state index contributed by atoms with van der Waals surface area (Å²) in [4.78, 5) is 3.13. The van der Waals surface area contributed by atoms with E-state index in [2.05, 4.69) is 14.9 Å². The van der Waals surface area contributed by atoms with Crippen molar-refractivity contribution in [2.75, 3.05) is 5.73 Å². The number of nitrogens with two attached hydrogens (primary N) is 2. The maximum Gasteiger partial charge on any atom is 0.573 e. The summed E-state index contributed by atoms with van der Waals surface area (Å²) in [5.74, 6) is -1.79. The third kappa shape index (κ3) is 3.22. The van der Waals surface area contributed by atoms with Gasteiger partial charge in [0.15, 0.2) is 5.75 Å². The van der Waals surface area contributed by atoms with E-state index in [0.717, 1.165) is 6.07 Å². The van der Waals surface area contributed by atoms with Crippen molar-refractivity contribution in [3.63, 3.8) is 0 Å². The second-order valence-electron chi connectivity index (χ2n) is 2.93. The molecule has 0 saturated carbocycles. The standard InChI is InChI=1S/C7H5F3N4O3S/c8-7(9,10)17-5-3(2-11)1-4(12)14-6(5)18(13,15)16/h1H,(H2,12,14)(H2,13,15,16). The number of rotatable bonds is 2. The van der Waals surface area contributed by atoms with Crippen LogP contribution in [0.2, 0.25) is 0 Å². The van der Waals surface area contributed by atoms with E-state index in [1.807, 2.05) is 0 Å². The molecule has 0 fully saturated rings. The molecule has 98 valence electrons. The molecule has 1 heterocycles. The Morgan fingerprint density at radius 3 is 2.39 bits per heavy atom. The Morgan fingerprint density at radius 2 is 2.00 bits per heavy atom.